The molecule has 1 unspecified atom stereocenters. The number of furan rings is 1. The zero-order valence-electron chi connectivity index (χ0n) is 12.9. The number of nitrogens with one attached hydrogen (secondary N) is 1. The van der Waals surface area contributed by atoms with Crippen LogP contribution >= 0.6 is 11.8 Å². The predicted molar refractivity (Wildman–Crippen MR) is 89.9 cm³/mol. The summed E-state index contributed by atoms with van der Waals surface area (Å²) in [5.74, 6) is -1.26. The van der Waals surface area contributed by atoms with Crippen molar-refractivity contribution in [2.75, 3.05) is 5.75 Å². The first-order chi connectivity index (χ1) is 11.5. The number of carbonyl (C=O) groups excluding carboxylic acids is 1. The fraction of sp³-hybridized carbons (Fsp3) is 0.167. The molecule has 0 aliphatic carbocycles. The van der Waals surface area contributed by atoms with Crippen LogP contribution in [0.2, 0.25) is 0 Å². The molecule has 0 aliphatic heterocycles. The Morgan fingerprint density at radius 1 is 1.17 bits per heavy atom. The van der Waals surface area contributed by atoms with Crippen LogP contribution in [0.3, 0.4) is 0 Å². The monoisotopic (exact) mass is 347 g/mol. The Morgan fingerprint density at radius 2 is 1.96 bits per heavy atom. The minimum Gasteiger partial charge on any atom is -0.459 e. The maximum absolute atomic E-state index is 13.1. The third-order valence-electron chi connectivity index (χ3n) is 3.51. The Kier molecular flexibility index (Phi) is 4.85. The van der Waals surface area contributed by atoms with Gasteiger partial charge in [0.2, 0.25) is 5.91 Å². The summed E-state index contributed by atoms with van der Waals surface area (Å²) in [6, 6.07) is 12.8. The Bertz CT molecular complexity index is 845. The lowest BCUT2D eigenvalue weighted by molar-refractivity contribution is -0.119. The summed E-state index contributed by atoms with van der Waals surface area (Å²) in [5.41, 5.74) is 0.768. The molecular formula is C18H15F2NO2S. The summed E-state index contributed by atoms with van der Waals surface area (Å²) in [7, 11) is 0. The van der Waals surface area contributed by atoms with Crippen LogP contribution in [0.5, 0.6) is 0 Å². The number of carbonyl (C=O) groups is 1. The number of thioether (sulfide) groups is 1. The van der Waals surface area contributed by atoms with Crippen LogP contribution < -0.4 is 5.32 Å². The van der Waals surface area contributed by atoms with Gasteiger partial charge in [-0.3, -0.25) is 4.79 Å². The van der Waals surface area contributed by atoms with Gasteiger partial charge in [0.1, 0.15) is 11.3 Å². The number of rotatable bonds is 5. The van der Waals surface area contributed by atoms with Crippen LogP contribution in [-0.2, 0) is 4.79 Å². The van der Waals surface area contributed by atoms with Crippen LogP contribution in [-0.4, -0.2) is 11.7 Å². The van der Waals surface area contributed by atoms with E-state index in [2.05, 4.69) is 5.32 Å². The minimum absolute atomic E-state index is 0.107. The molecule has 0 radical (unpaired) electrons. The van der Waals surface area contributed by atoms with Gasteiger partial charge < -0.3 is 9.73 Å². The number of para-hydroxylation sites is 1. The largest absolute Gasteiger partial charge is 0.459 e. The lowest BCUT2D eigenvalue weighted by Gasteiger charge is -2.11. The van der Waals surface area contributed by atoms with Crippen LogP contribution in [0.15, 0.2) is 57.8 Å². The van der Waals surface area contributed by atoms with Gasteiger partial charge in [-0.1, -0.05) is 18.2 Å². The first-order valence-corrected chi connectivity index (χ1v) is 8.37. The predicted octanol–water partition coefficient (Wildman–Crippen LogP) is 4.68. The lowest BCUT2D eigenvalue weighted by Crippen LogP contribution is -2.27. The molecule has 0 bridgehead atoms. The van der Waals surface area contributed by atoms with Crippen molar-refractivity contribution in [2.24, 2.45) is 0 Å². The number of hydrogen-bond donors (Lipinski definition) is 1. The Morgan fingerprint density at radius 3 is 2.71 bits per heavy atom. The van der Waals surface area contributed by atoms with Crippen LogP contribution in [0.4, 0.5) is 8.78 Å². The molecule has 1 amide bonds. The van der Waals surface area contributed by atoms with E-state index in [1.807, 2.05) is 37.3 Å². The van der Waals surface area contributed by atoms with Gasteiger partial charge in [0, 0.05) is 10.3 Å². The number of amides is 1. The van der Waals surface area contributed by atoms with Gasteiger partial charge in [-0.2, -0.15) is 0 Å². The second-order valence-corrected chi connectivity index (χ2v) is 6.39. The van der Waals surface area contributed by atoms with Gasteiger partial charge in [0.15, 0.2) is 11.6 Å². The smallest absolute Gasteiger partial charge is 0.230 e. The number of hydrogen-bond acceptors (Lipinski definition) is 3. The van der Waals surface area contributed by atoms with Crippen molar-refractivity contribution in [3.63, 3.8) is 0 Å². The molecule has 0 fully saturated rings. The van der Waals surface area contributed by atoms with Crippen molar-refractivity contribution in [1.29, 1.82) is 0 Å². The summed E-state index contributed by atoms with van der Waals surface area (Å²) in [6.45, 7) is 1.83. The molecule has 0 saturated heterocycles. The van der Waals surface area contributed by atoms with Gasteiger partial charge in [-0.15, -0.1) is 11.8 Å². The van der Waals surface area contributed by atoms with Gasteiger partial charge in [0.05, 0.1) is 11.8 Å². The zero-order chi connectivity index (χ0) is 17.1. The molecule has 0 aliphatic rings. The van der Waals surface area contributed by atoms with Crippen molar-refractivity contribution in [3.8, 4) is 0 Å². The van der Waals surface area contributed by atoms with Crippen molar-refractivity contribution in [3.05, 3.63) is 65.9 Å². The first kappa shape index (κ1) is 16.5. The molecule has 0 saturated carbocycles. The van der Waals surface area contributed by atoms with Gasteiger partial charge >= 0.3 is 0 Å². The van der Waals surface area contributed by atoms with E-state index in [9.17, 15) is 13.6 Å². The second kappa shape index (κ2) is 7.05. The molecule has 6 heteroatoms. The Balaban J connectivity index is 1.58. The van der Waals surface area contributed by atoms with Gasteiger partial charge in [-0.25, -0.2) is 8.78 Å². The van der Waals surface area contributed by atoms with E-state index in [4.69, 9.17) is 4.42 Å². The molecule has 2 aromatic carbocycles. The Labute approximate surface area is 142 Å². The van der Waals surface area contributed by atoms with E-state index in [0.717, 1.165) is 34.9 Å². The third kappa shape index (κ3) is 3.76. The number of benzene rings is 2. The highest BCUT2D eigenvalue weighted by Crippen LogP contribution is 2.24. The SMILES string of the molecule is CC(NC(=O)CSc1ccc(F)c(F)c1)c1cc2ccccc2o1. The molecule has 1 heterocycles. The Hall–Kier alpha value is -2.34. The summed E-state index contributed by atoms with van der Waals surface area (Å²) in [4.78, 5) is 12.5. The van der Waals surface area contributed by atoms with E-state index >= 15 is 0 Å². The van der Waals surface area contributed by atoms with Crippen molar-refractivity contribution in [2.45, 2.75) is 17.9 Å². The number of fused-ring (bicyclic) bond motifs is 1. The maximum Gasteiger partial charge on any atom is 0.230 e. The normalized spacial score (nSPS) is 12.3. The van der Waals surface area contributed by atoms with E-state index in [-0.39, 0.29) is 17.7 Å². The second-order valence-electron chi connectivity index (χ2n) is 5.34. The van der Waals surface area contributed by atoms with Crippen molar-refractivity contribution >= 4 is 28.6 Å². The highest BCUT2D eigenvalue weighted by molar-refractivity contribution is 8.00. The summed E-state index contributed by atoms with van der Waals surface area (Å²) < 4.78 is 31.7. The molecule has 1 atom stereocenters. The molecule has 24 heavy (non-hydrogen) atoms. The average Bonchev–Trinajstić information content (AvgIpc) is 3.00. The fourth-order valence-electron chi connectivity index (χ4n) is 2.29. The standard InChI is InChI=1S/C18H15F2NO2S/c1-11(17-8-12-4-2-3-5-16(12)23-17)21-18(22)10-24-13-6-7-14(19)15(20)9-13/h2-9,11H,10H2,1H3,(H,21,22). The van der Waals surface area contributed by atoms with Gasteiger partial charge in [-0.05, 0) is 37.3 Å². The minimum atomic E-state index is -0.920. The molecular weight excluding hydrogens is 332 g/mol. The highest BCUT2D eigenvalue weighted by atomic mass is 32.2. The molecule has 1 aromatic heterocycles. The molecule has 3 aromatic rings. The van der Waals surface area contributed by atoms with Crippen LogP contribution in [0, 0.1) is 11.6 Å². The van der Waals surface area contributed by atoms with E-state index < -0.39 is 11.6 Å². The van der Waals surface area contributed by atoms with E-state index in [1.165, 1.54) is 6.07 Å². The lowest BCUT2D eigenvalue weighted by atomic mass is 10.2. The molecule has 3 rings (SSSR count). The summed E-state index contributed by atoms with van der Waals surface area (Å²) >= 11 is 1.14. The zero-order valence-corrected chi connectivity index (χ0v) is 13.7. The quantitative estimate of drug-likeness (QED) is 0.682. The van der Waals surface area contributed by atoms with Crippen molar-refractivity contribution < 1.29 is 18.0 Å². The van der Waals surface area contributed by atoms with Crippen LogP contribution in [0.25, 0.3) is 11.0 Å². The third-order valence-corrected chi connectivity index (χ3v) is 4.50. The van der Waals surface area contributed by atoms with E-state index in [1.54, 1.807) is 0 Å². The van der Waals surface area contributed by atoms with E-state index in [0.29, 0.717) is 10.7 Å². The van der Waals surface area contributed by atoms with Crippen molar-refractivity contribution in [1.82, 2.24) is 5.32 Å². The molecule has 0 spiro atoms. The average molecular weight is 347 g/mol. The summed E-state index contributed by atoms with van der Waals surface area (Å²) in [6.07, 6.45) is 0. The molecule has 3 nitrogen and oxygen atoms in total. The van der Waals surface area contributed by atoms with Gasteiger partial charge in [0.25, 0.3) is 0 Å². The fourth-order valence-corrected chi connectivity index (χ4v) is 3.02. The molecule has 124 valence electrons. The highest BCUT2D eigenvalue weighted by Gasteiger charge is 2.14. The number of halogens is 2. The maximum atomic E-state index is 13.1. The van der Waals surface area contributed by atoms with Crippen LogP contribution in [0.1, 0.15) is 18.7 Å². The molecule has 1 N–H and O–H groups in total. The first-order valence-electron chi connectivity index (χ1n) is 7.38. The summed E-state index contributed by atoms with van der Waals surface area (Å²) in [5, 5.41) is 3.81. The topological polar surface area (TPSA) is 42.2 Å².